The van der Waals surface area contributed by atoms with E-state index < -0.39 is 5.69 Å². The van der Waals surface area contributed by atoms with Crippen molar-refractivity contribution in [2.75, 3.05) is 5.32 Å². The third kappa shape index (κ3) is 3.22. The highest BCUT2D eigenvalue weighted by atomic mass is 35.5. The normalized spacial score (nSPS) is 14.9. The molecule has 1 fully saturated rings. The fourth-order valence-corrected chi connectivity index (χ4v) is 4.25. The quantitative estimate of drug-likeness (QED) is 0.701. The van der Waals surface area contributed by atoms with E-state index in [1.54, 1.807) is 19.2 Å². The van der Waals surface area contributed by atoms with Crippen molar-refractivity contribution in [1.82, 2.24) is 18.7 Å². The Hall–Kier alpha value is -2.25. The molecule has 0 atom stereocenters. The molecule has 0 unspecified atom stereocenters. The summed E-state index contributed by atoms with van der Waals surface area (Å²) in [5, 5.41) is 4.53. The molecule has 0 bridgehead atoms. The molecule has 1 aliphatic rings. The number of fused-ring (bicyclic) bond motifs is 1. The summed E-state index contributed by atoms with van der Waals surface area (Å²) in [6.45, 7) is 0.342. The first-order valence-electron chi connectivity index (χ1n) is 9.23. The summed E-state index contributed by atoms with van der Waals surface area (Å²) in [5.41, 5.74) is 0.764. The average Bonchev–Trinajstić information content (AvgIpc) is 3.29. The summed E-state index contributed by atoms with van der Waals surface area (Å²) in [6, 6.07) is 5.58. The van der Waals surface area contributed by atoms with Gasteiger partial charge in [-0.1, -0.05) is 42.1 Å². The number of aryl methyl sites for hydroxylation is 1. The van der Waals surface area contributed by atoms with Crippen LogP contribution in [0, 0.1) is 0 Å². The van der Waals surface area contributed by atoms with Gasteiger partial charge in [0.15, 0.2) is 11.2 Å². The van der Waals surface area contributed by atoms with Crippen LogP contribution in [0.2, 0.25) is 10.0 Å². The predicted molar refractivity (Wildman–Crippen MR) is 112 cm³/mol. The molecule has 0 saturated heterocycles. The standard InChI is InChI=1S/C19H21Cl2N5O2/c1-24-16-15(17(27)25(2)19(24)28)26(10-11-7-8-12(20)9-14(11)21)18(23-16)22-13-5-3-4-6-13/h7-9,13H,3-6,10H2,1-2H3,(H,22,23). The van der Waals surface area contributed by atoms with E-state index in [9.17, 15) is 9.59 Å². The highest BCUT2D eigenvalue weighted by Gasteiger charge is 2.23. The molecule has 9 heteroatoms. The Labute approximate surface area is 171 Å². The van der Waals surface area contributed by atoms with Crippen molar-refractivity contribution < 1.29 is 0 Å². The minimum absolute atomic E-state index is 0.303. The highest BCUT2D eigenvalue weighted by molar-refractivity contribution is 6.35. The largest absolute Gasteiger partial charge is 0.353 e. The first kappa shape index (κ1) is 19.1. The number of hydrogen-bond donors (Lipinski definition) is 1. The predicted octanol–water partition coefficient (Wildman–Crippen LogP) is 3.14. The fourth-order valence-electron chi connectivity index (χ4n) is 3.78. The second-order valence-electron chi connectivity index (χ2n) is 7.26. The summed E-state index contributed by atoms with van der Waals surface area (Å²) < 4.78 is 4.31. The number of anilines is 1. The number of nitrogens with zero attached hydrogens (tertiary/aromatic N) is 4. The Kier molecular flexibility index (Phi) is 4.97. The summed E-state index contributed by atoms with van der Waals surface area (Å²) >= 11 is 12.4. The Bertz CT molecular complexity index is 1170. The lowest BCUT2D eigenvalue weighted by Gasteiger charge is -2.15. The third-order valence-electron chi connectivity index (χ3n) is 5.38. The van der Waals surface area contributed by atoms with Crippen LogP contribution in [-0.4, -0.2) is 24.7 Å². The van der Waals surface area contributed by atoms with Crippen LogP contribution in [0.25, 0.3) is 11.2 Å². The number of rotatable bonds is 4. The van der Waals surface area contributed by atoms with E-state index in [1.165, 1.54) is 24.5 Å². The van der Waals surface area contributed by atoms with Gasteiger partial charge in [0.05, 0.1) is 6.54 Å². The van der Waals surface area contributed by atoms with Gasteiger partial charge in [0, 0.05) is 30.2 Å². The highest BCUT2D eigenvalue weighted by Crippen LogP contribution is 2.27. The average molecular weight is 422 g/mol. The number of aromatic nitrogens is 4. The van der Waals surface area contributed by atoms with Gasteiger partial charge in [-0.05, 0) is 30.5 Å². The van der Waals surface area contributed by atoms with Gasteiger partial charge in [0.25, 0.3) is 5.56 Å². The molecule has 0 radical (unpaired) electrons. The molecule has 28 heavy (non-hydrogen) atoms. The van der Waals surface area contributed by atoms with Crippen molar-refractivity contribution in [3.63, 3.8) is 0 Å². The third-order valence-corrected chi connectivity index (χ3v) is 5.97. The summed E-state index contributed by atoms with van der Waals surface area (Å²) in [5.74, 6) is 0.575. The molecule has 7 nitrogen and oxygen atoms in total. The van der Waals surface area contributed by atoms with Crippen LogP contribution in [0.5, 0.6) is 0 Å². The summed E-state index contributed by atoms with van der Waals surface area (Å²) in [6.07, 6.45) is 4.45. The van der Waals surface area contributed by atoms with E-state index in [2.05, 4.69) is 10.3 Å². The van der Waals surface area contributed by atoms with Crippen molar-refractivity contribution >= 4 is 40.3 Å². The van der Waals surface area contributed by atoms with Crippen molar-refractivity contribution in [3.05, 3.63) is 54.6 Å². The lowest BCUT2D eigenvalue weighted by Crippen LogP contribution is -2.37. The maximum absolute atomic E-state index is 12.9. The van der Waals surface area contributed by atoms with Gasteiger partial charge in [-0.3, -0.25) is 18.5 Å². The lowest BCUT2D eigenvalue weighted by atomic mass is 10.2. The minimum Gasteiger partial charge on any atom is -0.353 e. The van der Waals surface area contributed by atoms with Crippen molar-refractivity contribution in [3.8, 4) is 0 Å². The van der Waals surface area contributed by atoms with Gasteiger partial charge < -0.3 is 5.32 Å². The van der Waals surface area contributed by atoms with Crippen LogP contribution >= 0.6 is 23.2 Å². The van der Waals surface area contributed by atoms with Crippen molar-refractivity contribution in [2.45, 2.75) is 38.3 Å². The minimum atomic E-state index is -0.404. The number of nitrogens with one attached hydrogen (secondary N) is 1. The van der Waals surface area contributed by atoms with E-state index in [4.69, 9.17) is 23.2 Å². The van der Waals surface area contributed by atoms with Gasteiger partial charge in [0.1, 0.15) is 0 Å². The van der Waals surface area contributed by atoms with Gasteiger partial charge in [-0.2, -0.15) is 4.98 Å². The Morgan fingerprint density at radius 1 is 1.14 bits per heavy atom. The van der Waals surface area contributed by atoms with Crippen LogP contribution in [0.1, 0.15) is 31.2 Å². The van der Waals surface area contributed by atoms with Crippen LogP contribution in [0.3, 0.4) is 0 Å². The van der Waals surface area contributed by atoms with E-state index >= 15 is 0 Å². The summed E-state index contributed by atoms with van der Waals surface area (Å²) in [4.78, 5) is 29.9. The smallest absolute Gasteiger partial charge is 0.332 e. The van der Waals surface area contributed by atoms with Gasteiger partial charge >= 0.3 is 5.69 Å². The maximum Gasteiger partial charge on any atom is 0.332 e. The van der Waals surface area contributed by atoms with E-state index in [-0.39, 0.29) is 5.56 Å². The van der Waals surface area contributed by atoms with Gasteiger partial charge in [0.2, 0.25) is 5.95 Å². The molecule has 1 aliphatic carbocycles. The molecule has 0 amide bonds. The van der Waals surface area contributed by atoms with Crippen molar-refractivity contribution in [2.24, 2.45) is 14.1 Å². The van der Waals surface area contributed by atoms with Gasteiger partial charge in [-0.25, -0.2) is 4.79 Å². The number of halogens is 2. The number of hydrogen-bond acceptors (Lipinski definition) is 4. The molecule has 0 spiro atoms. The zero-order chi connectivity index (χ0) is 20.0. The topological polar surface area (TPSA) is 73.8 Å². The van der Waals surface area contributed by atoms with E-state index in [0.29, 0.717) is 39.7 Å². The zero-order valence-corrected chi connectivity index (χ0v) is 17.2. The molecule has 1 N–H and O–H groups in total. The SMILES string of the molecule is Cn1c(=O)c2c(nc(NC3CCCC3)n2Cc2ccc(Cl)cc2Cl)n(C)c1=O. The first-order chi connectivity index (χ1) is 13.4. The van der Waals surface area contributed by atoms with Crippen LogP contribution in [0.4, 0.5) is 5.95 Å². The van der Waals surface area contributed by atoms with Crippen LogP contribution in [0.15, 0.2) is 27.8 Å². The Balaban J connectivity index is 1.92. The molecular weight excluding hydrogens is 401 g/mol. The molecule has 1 aromatic carbocycles. The van der Waals surface area contributed by atoms with Crippen LogP contribution < -0.4 is 16.6 Å². The molecule has 1 saturated carbocycles. The molecule has 2 heterocycles. The molecular formula is C19H21Cl2N5O2. The Morgan fingerprint density at radius 2 is 1.86 bits per heavy atom. The van der Waals surface area contributed by atoms with E-state index in [0.717, 1.165) is 23.0 Å². The lowest BCUT2D eigenvalue weighted by molar-refractivity contribution is 0.700. The first-order valence-corrected chi connectivity index (χ1v) is 9.99. The fraction of sp³-hybridized carbons (Fsp3) is 0.421. The van der Waals surface area contributed by atoms with Crippen molar-refractivity contribution in [1.29, 1.82) is 0 Å². The van der Waals surface area contributed by atoms with Crippen LogP contribution in [-0.2, 0) is 20.6 Å². The second kappa shape index (κ2) is 7.29. The Morgan fingerprint density at radius 3 is 2.54 bits per heavy atom. The molecule has 0 aliphatic heterocycles. The molecule has 2 aromatic heterocycles. The number of imidazole rings is 1. The summed E-state index contributed by atoms with van der Waals surface area (Å²) in [7, 11) is 3.09. The van der Waals surface area contributed by atoms with Gasteiger partial charge in [-0.15, -0.1) is 0 Å². The van der Waals surface area contributed by atoms with E-state index in [1.807, 2.05) is 10.6 Å². The number of benzene rings is 1. The molecule has 3 aromatic rings. The second-order valence-corrected chi connectivity index (χ2v) is 8.10. The molecule has 4 rings (SSSR count). The molecule has 148 valence electrons. The maximum atomic E-state index is 12.9. The monoisotopic (exact) mass is 421 g/mol. The zero-order valence-electron chi connectivity index (χ0n) is 15.7.